The standard InChI is InChI=1S/C53H37NS/c1-4-14-38(15-5-1)40-24-31-45(32-25-40)54(46-33-26-41(27-34-46)39-16-6-2-7-17-39)47-35-29-44(30-36-47)53(43-19-8-3-9-20-43)49-22-12-13-23-50(49)55-51-37-28-42-18-10-11-21-48(42)52(51)53/h1-37H. The van der Waals surface area contributed by atoms with Crippen LogP contribution in [0.25, 0.3) is 33.0 Å². The summed E-state index contributed by atoms with van der Waals surface area (Å²) in [5.74, 6) is 0. The number of anilines is 3. The normalized spacial score (nSPS) is 14.5. The summed E-state index contributed by atoms with van der Waals surface area (Å²) in [7, 11) is 0. The summed E-state index contributed by atoms with van der Waals surface area (Å²) in [6, 6.07) is 81.9. The molecular weight excluding hydrogens is 683 g/mol. The molecule has 0 saturated carbocycles. The van der Waals surface area contributed by atoms with Crippen molar-refractivity contribution in [2.45, 2.75) is 15.2 Å². The van der Waals surface area contributed by atoms with Gasteiger partial charge in [0.1, 0.15) is 0 Å². The van der Waals surface area contributed by atoms with Crippen LogP contribution in [-0.4, -0.2) is 0 Å². The highest BCUT2D eigenvalue weighted by atomic mass is 32.2. The van der Waals surface area contributed by atoms with E-state index in [-0.39, 0.29) is 0 Å². The van der Waals surface area contributed by atoms with Gasteiger partial charge in [-0.2, -0.15) is 0 Å². The molecule has 0 aliphatic carbocycles. The second-order valence-corrected chi connectivity index (χ2v) is 15.2. The van der Waals surface area contributed by atoms with E-state index >= 15 is 0 Å². The van der Waals surface area contributed by atoms with E-state index in [1.54, 1.807) is 0 Å². The lowest BCUT2D eigenvalue weighted by molar-refractivity contribution is 0.710. The van der Waals surface area contributed by atoms with Crippen LogP contribution in [0.15, 0.2) is 234 Å². The number of rotatable bonds is 7. The van der Waals surface area contributed by atoms with E-state index in [0.29, 0.717) is 0 Å². The third kappa shape index (κ3) is 5.74. The Balaban J connectivity index is 1.16. The van der Waals surface area contributed by atoms with Gasteiger partial charge in [-0.05, 0) is 104 Å². The Labute approximate surface area is 327 Å². The first-order valence-electron chi connectivity index (χ1n) is 18.8. The SMILES string of the molecule is c1ccc(-c2ccc(N(c3ccc(-c4ccccc4)cc3)c3ccc(C4(c5ccccc5)c5ccccc5Sc5ccc6ccccc6c54)cc3)cc2)cc1. The molecule has 0 aromatic heterocycles. The van der Waals surface area contributed by atoms with Crippen LogP contribution < -0.4 is 4.90 Å². The minimum atomic E-state index is -0.530. The van der Waals surface area contributed by atoms with Crippen molar-refractivity contribution in [1.82, 2.24) is 0 Å². The van der Waals surface area contributed by atoms with Crippen molar-refractivity contribution in [3.05, 3.63) is 247 Å². The fraction of sp³-hybridized carbons (Fsp3) is 0.0189. The summed E-state index contributed by atoms with van der Waals surface area (Å²) >= 11 is 1.88. The molecule has 0 amide bonds. The largest absolute Gasteiger partial charge is 0.311 e. The van der Waals surface area contributed by atoms with Gasteiger partial charge < -0.3 is 4.90 Å². The van der Waals surface area contributed by atoms with Gasteiger partial charge in [-0.3, -0.25) is 0 Å². The summed E-state index contributed by atoms with van der Waals surface area (Å²) in [6.45, 7) is 0. The quantitative estimate of drug-likeness (QED) is 0.161. The molecular formula is C53H37NS. The van der Waals surface area contributed by atoms with Gasteiger partial charge in [0.15, 0.2) is 0 Å². The van der Waals surface area contributed by atoms with E-state index in [0.717, 1.165) is 17.1 Å². The molecule has 55 heavy (non-hydrogen) atoms. The van der Waals surface area contributed by atoms with Crippen molar-refractivity contribution < 1.29 is 0 Å². The van der Waals surface area contributed by atoms with E-state index in [1.165, 1.54) is 65.1 Å². The summed E-state index contributed by atoms with van der Waals surface area (Å²) < 4.78 is 0. The van der Waals surface area contributed by atoms with Crippen LogP contribution in [0.3, 0.4) is 0 Å². The maximum Gasteiger partial charge on any atom is 0.0729 e. The van der Waals surface area contributed by atoms with Gasteiger partial charge in [0.25, 0.3) is 0 Å². The summed E-state index contributed by atoms with van der Waals surface area (Å²) in [5.41, 5.74) is 12.8. The molecule has 1 aliphatic heterocycles. The summed E-state index contributed by atoms with van der Waals surface area (Å²) in [4.78, 5) is 4.96. The van der Waals surface area contributed by atoms with E-state index in [9.17, 15) is 0 Å². The molecule has 1 aliphatic rings. The Morgan fingerprint density at radius 2 is 0.782 bits per heavy atom. The zero-order chi connectivity index (χ0) is 36.6. The Hall–Kier alpha value is -6.61. The number of fused-ring (bicyclic) bond motifs is 4. The van der Waals surface area contributed by atoms with Gasteiger partial charge in [-0.15, -0.1) is 0 Å². The number of benzene rings is 9. The molecule has 1 unspecified atom stereocenters. The average Bonchev–Trinajstić information content (AvgIpc) is 3.27. The van der Waals surface area contributed by atoms with Crippen molar-refractivity contribution in [3.8, 4) is 22.3 Å². The predicted octanol–water partition coefficient (Wildman–Crippen LogP) is 14.5. The second-order valence-electron chi connectivity index (χ2n) is 14.1. The Morgan fingerprint density at radius 1 is 0.327 bits per heavy atom. The Kier molecular flexibility index (Phi) is 8.39. The van der Waals surface area contributed by atoms with E-state index in [2.05, 4.69) is 229 Å². The van der Waals surface area contributed by atoms with Gasteiger partial charge in [0.05, 0.1) is 5.41 Å². The molecule has 0 spiro atoms. The van der Waals surface area contributed by atoms with Crippen molar-refractivity contribution in [3.63, 3.8) is 0 Å². The fourth-order valence-corrected chi connectivity index (χ4v) is 9.69. The number of hydrogen-bond donors (Lipinski definition) is 0. The molecule has 260 valence electrons. The molecule has 9 aromatic rings. The highest BCUT2D eigenvalue weighted by Gasteiger charge is 2.45. The number of hydrogen-bond acceptors (Lipinski definition) is 2. The first-order chi connectivity index (χ1) is 27.3. The predicted molar refractivity (Wildman–Crippen MR) is 232 cm³/mol. The van der Waals surface area contributed by atoms with Crippen LogP contribution in [-0.2, 0) is 5.41 Å². The van der Waals surface area contributed by atoms with Crippen LogP contribution >= 0.6 is 11.8 Å². The van der Waals surface area contributed by atoms with Gasteiger partial charge in [0, 0.05) is 26.9 Å². The van der Waals surface area contributed by atoms with Crippen molar-refractivity contribution in [2.75, 3.05) is 4.90 Å². The minimum absolute atomic E-state index is 0.530. The zero-order valence-electron chi connectivity index (χ0n) is 30.2. The molecule has 10 rings (SSSR count). The molecule has 9 aromatic carbocycles. The molecule has 0 saturated heterocycles. The first kappa shape index (κ1) is 33.0. The van der Waals surface area contributed by atoms with E-state index in [1.807, 2.05) is 11.8 Å². The molecule has 0 N–H and O–H groups in total. The molecule has 1 heterocycles. The topological polar surface area (TPSA) is 3.24 Å². The Bertz CT molecular complexity index is 2660. The van der Waals surface area contributed by atoms with E-state index in [4.69, 9.17) is 0 Å². The molecule has 0 radical (unpaired) electrons. The smallest absolute Gasteiger partial charge is 0.0729 e. The summed E-state index contributed by atoms with van der Waals surface area (Å²) in [5, 5.41) is 2.54. The van der Waals surface area contributed by atoms with Crippen LogP contribution in [0.2, 0.25) is 0 Å². The molecule has 1 atom stereocenters. The van der Waals surface area contributed by atoms with Crippen LogP contribution in [0.5, 0.6) is 0 Å². The van der Waals surface area contributed by atoms with Crippen LogP contribution in [0.1, 0.15) is 22.3 Å². The highest BCUT2D eigenvalue weighted by Crippen LogP contribution is 2.57. The van der Waals surface area contributed by atoms with Gasteiger partial charge in [0.2, 0.25) is 0 Å². The minimum Gasteiger partial charge on any atom is -0.311 e. The van der Waals surface area contributed by atoms with Crippen molar-refractivity contribution >= 4 is 39.6 Å². The monoisotopic (exact) mass is 719 g/mol. The van der Waals surface area contributed by atoms with Gasteiger partial charge >= 0.3 is 0 Å². The highest BCUT2D eigenvalue weighted by molar-refractivity contribution is 7.99. The van der Waals surface area contributed by atoms with Crippen molar-refractivity contribution in [2.24, 2.45) is 0 Å². The lowest BCUT2D eigenvalue weighted by atomic mass is 9.64. The maximum atomic E-state index is 2.37. The lowest BCUT2D eigenvalue weighted by Crippen LogP contribution is -2.34. The average molecular weight is 720 g/mol. The van der Waals surface area contributed by atoms with Crippen molar-refractivity contribution in [1.29, 1.82) is 0 Å². The molecule has 2 heteroatoms. The third-order valence-electron chi connectivity index (χ3n) is 11.0. The van der Waals surface area contributed by atoms with Crippen LogP contribution in [0.4, 0.5) is 17.1 Å². The zero-order valence-corrected chi connectivity index (χ0v) is 31.0. The molecule has 0 fully saturated rings. The molecule has 0 bridgehead atoms. The second kappa shape index (κ2) is 14.0. The van der Waals surface area contributed by atoms with Gasteiger partial charge in [-0.1, -0.05) is 188 Å². The fourth-order valence-electron chi connectivity index (χ4n) is 8.47. The third-order valence-corrected chi connectivity index (χ3v) is 12.1. The molecule has 1 nitrogen and oxygen atoms in total. The summed E-state index contributed by atoms with van der Waals surface area (Å²) in [6.07, 6.45) is 0. The lowest BCUT2D eigenvalue weighted by Gasteiger charge is -2.42. The van der Waals surface area contributed by atoms with Gasteiger partial charge in [-0.25, -0.2) is 0 Å². The maximum absolute atomic E-state index is 2.37. The first-order valence-corrected chi connectivity index (χ1v) is 19.7. The van der Waals surface area contributed by atoms with E-state index < -0.39 is 5.41 Å². The van der Waals surface area contributed by atoms with Crippen LogP contribution in [0, 0.1) is 0 Å². The number of nitrogens with zero attached hydrogens (tertiary/aromatic N) is 1. The Morgan fingerprint density at radius 3 is 1.38 bits per heavy atom.